The number of amides is 1. The molecule has 144 valence electrons. The second kappa shape index (κ2) is 8.08. The van der Waals surface area contributed by atoms with Gasteiger partial charge in [-0.05, 0) is 74.0 Å². The Kier molecular flexibility index (Phi) is 5.59. The topological polar surface area (TPSA) is 60.3 Å². The molecule has 1 amide bonds. The average Bonchev–Trinajstić information content (AvgIpc) is 2.99. The largest absolute Gasteiger partial charge is 0.497 e. The van der Waals surface area contributed by atoms with Gasteiger partial charge in [-0.3, -0.25) is 9.59 Å². The number of rotatable bonds is 6. The number of aromatic nitrogens is 1. The number of hydrogen-bond donors (Lipinski definition) is 1. The van der Waals surface area contributed by atoms with E-state index in [0.717, 1.165) is 5.56 Å². The van der Waals surface area contributed by atoms with Gasteiger partial charge in [0, 0.05) is 22.6 Å². The highest BCUT2D eigenvalue weighted by atomic mass is 19.1. The van der Waals surface area contributed by atoms with Crippen molar-refractivity contribution in [1.82, 2.24) is 4.57 Å². The Morgan fingerprint density at radius 1 is 1.07 bits per heavy atom. The lowest BCUT2D eigenvalue weighted by atomic mass is 10.1. The number of carbonyl (C=O) groups excluding carboxylic acids is 2. The number of nitrogens with one attached hydrogen (secondary N) is 1. The molecule has 0 saturated carbocycles. The third-order valence-electron chi connectivity index (χ3n) is 4.56. The molecule has 1 heterocycles. The summed E-state index contributed by atoms with van der Waals surface area (Å²) in [6, 6.07) is 14.7. The maximum absolute atomic E-state index is 13.3. The summed E-state index contributed by atoms with van der Waals surface area (Å²) in [6.45, 7) is 3.31. The van der Waals surface area contributed by atoms with E-state index in [2.05, 4.69) is 5.32 Å². The SMILES string of the molecule is COc1ccc(NC(=O)Cn2c(-c3ccc(F)cc3)cc(C(C)=O)c2C)cc1. The molecule has 0 aliphatic rings. The number of benzene rings is 2. The fourth-order valence-electron chi connectivity index (χ4n) is 3.08. The molecule has 0 radical (unpaired) electrons. The van der Waals surface area contributed by atoms with Crippen LogP contribution in [0.15, 0.2) is 54.6 Å². The predicted octanol–water partition coefficient (Wildman–Crippen LogP) is 4.45. The van der Waals surface area contributed by atoms with Gasteiger partial charge in [0.25, 0.3) is 0 Å². The van der Waals surface area contributed by atoms with Gasteiger partial charge in [-0.2, -0.15) is 0 Å². The van der Waals surface area contributed by atoms with E-state index in [0.29, 0.717) is 28.4 Å². The van der Waals surface area contributed by atoms with E-state index in [1.807, 2.05) is 0 Å². The zero-order valence-electron chi connectivity index (χ0n) is 16.0. The van der Waals surface area contributed by atoms with Crippen molar-refractivity contribution in [1.29, 1.82) is 0 Å². The van der Waals surface area contributed by atoms with Crippen molar-refractivity contribution in [3.8, 4) is 17.0 Å². The molecule has 28 heavy (non-hydrogen) atoms. The summed E-state index contributed by atoms with van der Waals surface area (Å²) in [4.78, 5) is 24.6. The van der Waals surface area contributed by atoms with Gasteiger partial charge in [0.1, 0.15) is 18.1 Å². The fourth-order valence-corrected chi connectivity index (χ4v) is 3.08. The van der Waals surface area contributed by atoms with E-state index in [9.17, 15) is 14.0 Å². The van der Waals surface area contributed by atoms with Crippen molar-refractivity contribution in [2.24, 2.45) is 0 Å². The molecule has 0 fully saturated rings. The van der Waals surface area contributed by atoms with E-state index < -0.39 is 0 Å². The third-order valence-corrected chi connectivity index (χ3v) is 4.56. The monoisotopic (exact) mass is 380 g/mol. The Labute approximate surface area is 162 Å². The fraction of sp³-hybridized carbons (Fsp3) is 0.182. The highest BCUT2D eigenvalue weighted by Crippen LogP contribution is 2.27. The molecule has 1 N–H and O–H groups in total. The van der Waals surface area contributed by atoms with Crippen molar-refractivity contribution >= 4 is 17.4 Å². The van der Waals surface area contributed by atoms with Crippen molar-refractivity contribution in [3.05, 3.63) is 71.7 Å². The Bertz CT molecular complexity index is 1010. The Hall–Kier alpha value is -3.41. The summed E-state index contributed by atoms with van der Waals surface area (Å²) in [7, 11) is 1.58. The summed E-state index contributed by atoms with van der Waals surface area (Å²) in [5.74, 6) is 0.0315. The second-order valence-electron chi connectivity index (χ2n) is 6.45. The van der Waals surface area contributed by atoms with Crippen LogP contribution in [0.3, 0.4) is 0 Å². The van der Waals surface area contributed by atoms with Crippen LogP contribution in [0.1, 0.15) is 23.0 Å². The van der Waals surface area contributed by atoms with Crippen molar-refractivity contribution < 1.29 is 18.7 Å². The smallest absolute Gasteiger partial charge is 0.244 e. The molecular formula is C22H21FN2O3. The van der Waals surface area contributed by atoms with E-state index in [-0.39, 0.29) is 24.1 Å². The zero-order chi connectivity index (χ0) is 20.3. The number of Topliss-reactive ketones (excluding diaryl/α,β-unsaturated/α-hetero) is 1. The highest BCUT2D eigenvalue weighted by molar-refractivity contribution is 5.97. The normalized spacial score (nSPS) is 10.6. The zero-order valence-corrected chi connectivity index (χ0v) is 16.0. The minimum atomic E-state index is -0.345. The van der Waals surface area contributed by atoms with Crippen LogP contribution in [0.25, 0.3) is 11.3 Å². The van der Waals surface area contributed by atoms with Crippen LogP contribution >= 0.6 is 0 Å². The average molecular weight is 380 g/mol. The van der Waals surface area contributed by atoms with E-state index >= 15 is 0 Å². The van der Waals surface area contributed by atoms with Crippen LogP contribution in [-0.4, -0.2) is 23.4 Å². The number of anilines is 1. The van der Waals surface area contributed by atoms with Crippen molar-refractivity contribution in [3.63, 3.8) is 0 Å². The van der Waals surface area contributed by atoms with E-state index in [1.54, 1.807) is 61.1 Å². The summed E-state index contributed by atoms with van der Waals surface area (Å²) in [5.41, 5.74) is 3.29. The van der Waals surface area contributed by atoms with Gasteiger partial charge in [0.15, 0.2) is 5.78 Å². The molecule has 2 aromatic carbocycles. The van der Waals surface area contributed by atoms with Gasteiger partial charge in [-0.1, -0.05) is 0 Å². The molecule has 0 atom stereocenters. The van der Waals surface area contributed by atoms with Crippen molar-refractivity contribution in [2.45, 2.75) is 20.4 Å². The molecule has 0 aliphatic carbocycles. The van der Waals surface area contributed by atoms with E-state index in [4.69, 9.17) is 4.74 Å². The van der Waals surface area contributed by atoms with Gasteiger partial charge in [-0.15, -0.1) is 0 Å². The number of carbonyl (C=O) groups is 2. The molecule has 6 heteroatoms. The maximum atomic E-state index is 13.3. The molecule has 1 aromatic heterocycles. The molecular weight excluding hydrogens is 359 g/mol. The summed E-state index contributed by atoms with van der Waals surface area (Å²) < 4.78 is 20.2. The molecule has 5 nitrogen and oxygen atoms in total. The first-order chi connectivity index (χ1) is 13.4. The Balaban J connectivity index is 1.89. The second-order valence-corrected chi connectivity index (χ2v) is 6.45. The summed E-state index contributed by atoms with van der Waals surface area (Å²) in [5, 5.41) is 2.83. The number of halogens is 1. The summed E-state index contributed by atoms with van der Waals surface area (Å²) in [6.07, 6.45) is 0. The first kappa shape index (κ1) is 19.4. The van der Waals surface area contributed by atoms with Crippen molar-refractivity contribution in [2.75, 3.05) is 12.4 Å². The lowest BCUT2D eigenvalue weighted by Crippen LogP contribution is -2.20. The number of nitrogens with zero attached hydrogens (tertiary/aromatic N) is 1. The lowest BCUT2D eigenvalue weighted by Gasteiger charge is -2.13. The standard InChI is InChI=1S/C22H21FN2O3/c1-14-20(15(2)26)12-21(16-4-6-17(23)7-5-16)25(14)13-22(27)24-18-8-10-19(28-3)11-9-18/h4-12H,13H2,1-3H3,(H,24,27). The van der Waals surface area contributed by atoms with Crippen LogP contribution in [0.4, 0.5) is 10.1 Å². The first-order valence-electron chi connectivity index (χ1n) is 8.80. The third kappa shape index (κ3) is 4.11. The predicted molar refractivity (Wildman–Crippen MR) is 106 cm³/mol. The van der Waals surface area contributed by atoms with E-state index in [1.165, 1.54) is 19.1 Å². The quantitative estimate of drug-likeness (QED) is 0.643. The van der Waals surface area contributed by atoms with Crippen LogP contribution in [0, 0.1) is 12.7 Å². The molecule has 0 unspecified atom stereocenters. The minimum absolute atomic E-state index is 0.0256. The minimum Gasteiger partial charge on any atom is -0.497 e. The van der Waals surface area contributed by atoms with Gasteiger partial charge >= 0.3 is 0 Å². The van der Waals surface area contributed by atoms with Gasteiger partial charge < -0.3 is 14.6 Å². The highest BCUT2D eigenvalue weighted by Gasteiger charge is 2.18. The number of ether oxygens (including phenoxy) is 1. The van der Waals surface area contributed by atoms with Crippen LogP contribution in [-0.2, 0) is 11.3 Å². The Morgan fingerprint density at radius 2 is 1.71 bits per heavy atom. The number of ketones is 1. The number of methoxy groups -OCH3 is 1. The van der Waals surface area contributed by atoms with Crippen LogP contribution < -0.4 is 10.1 Å². The van der Waals surface area contributed by atoms with Crippen LogP contribution in [0.2, 0.25) is 0 Å². The first-order valence-corrected chi connectivity index (χ1v) is 8.80. The van der Waals surface area contributed by atoms with Gasteiger partial charge in [0.2, 0.25) is 5.91 Å². The van der Waals surface area contributed by atoms with Gasteiger partial charge in [-0.25, -0.2) is 4.39 Å². The summed E-state index contributed by atoms with van der Waals surface area (Å²) >= 11 is 0. The van der Waals surface area contributed by atoms with Gasteiger partial charge in [0.05, 0.1) is 7.11 Å². The molecule has 0 aliphatic heterocycles. The molecule has 0 saturated heterocycles. The molecule has 3 rings (SSSR count). The maximum Gasteiger partial charge on any atom is 0.244 e. The Morgan fingerprint density at radius 3 is 2.29 bits per heavy atom. The molecule has 3 aromatic rings. The lowest BCUT2D eigenvalue weighted by molar-refractivity contribution is -0.116. The number of hydrogen-bond acceptors (Lipinski definition) is 3. The van der Waals surface area contributed by atoms with Crippen LogP contribution in [0.5, 0.6) is 5.75 Å². The molecule has 0 bridgehead atoms. The molecule has 0 spiro atoms.